The van der Waals surface area contributed by atoms with Gasteiger partial charge < -0.3 is 9.64 Å². The Hall–Kier alpha value is -2.78. The minimum atomic E-state index is -0.590. The summed E-state index contributed by atoms with van der Waals surface area (Å²) in [6, 6.07) is 27.2. The van der Waals surface area contributed by atoms with Gasteiger partial charge in [-0.3, -0.25) is 4.79 Å². The van der Waals surface area contributed by atoms with E-state index in [-0.39, 0.29) is 5.91 Å². The lowest BCUT2D eigenvalue weighted by atomic mass is 10.1. The maximum Gasteiger partial charge on any atom is 0.264 e. The normalized spacial score (nSPS) is 11.6. The first-order valence-electron chi connectivity index (χ1n) is 9.45. The molecule has 1 atom stereocenters. The minimum absolute atomic E-state index is 0.0462. The van der Waals surface area contributed by atoms with Crippen molar-refractivity contribution in [2.75, 3.05) is 0 Å². The maximum absolute atomic E-state index is 13.4. The van der Waals surface area contributed by atoms with Crippen molar-refractivity contribution in [3.8, 4) is 5.75 Å². The van der Waals surface area contributed by atoms with E-state index in [1.807, 2.05) is 84.6 Å². The van der Waals surface area contributed by atoms with Gasteiger partial charge in [-0.1, -0.05) is 91.3 Å². The maximum atomic E-state index is 13.4. The molecule has 0 heterocycles. The zero-order valence-corrected chi connectivity index (χ0v) is 16.7. The monoisotopic (exact) mass is 393 g/mol. The Morgan fingerprint density at radius 2 is 1.36 bits per heavy atom. The number of amides is 1. The number of benzene rings is 3. The molecular weight excluding hydrogens is 370 g/mol. The highest BCUT2D eigenvalue weighted by atomic mass is 35.5. The van der Waals surface area contributed by atoms with Gasteiger partial charge in [0.15, 0.2) is 6.10 Å². The van der Waals surface area contributed by atoms with Crippen LogP contribution in [-0.2, 0) is 17.9 Å². The highest BCUT2D eigenvalue weighted by Crippen LogP contribution is 2.25. The molecule has 4 heteroatoms. The van der Waals surface area contributed by atoms with Gasteiger partial charge in [-0.05, 0) is 29.7 Å². The molecule has 0 aliphatic heterocycles. The second-order valence-electron chi connectivity index (χ2n) is 6.61. The number of nitrogens with zero attached hydrogens (tertiary/aromatic N) is 1. The molecular formula is C24H24ClNO2. The molecule has 0 aromatic heterocycles. The molecule has 0 bridgehead atoms. The smallest absolute Gasteiger partial charge is 0.264 e. The van der Waals surface area contributed by atoms with E-state index in [2.05, 4.69) is 0 Å². The molecule has 0 fully saturated rings. The predicted molar refractivity (Wildman–Crippen MR) is 113 cm³/mol. The molecule has 0 N–H and O–H groups in total. The molecule has 3 aromatic carbocycles. The number of hydrogen-bond donors (Lipinski definition) is 0. The van der Waals surface area contributed by atoms with E-state index in [1.165, 1.54) is 0 Å². The first kappa shape index (κ1) is 20.0. The van der Waals surface area contributed by atoms with Crippen molar-refractivity contribution in [3.63, 3.8) is 0 Å². The Kier molecular flexibility index (Phi) is 7.10. The van der Waals surface area contributed by atoms with Crippen LogP contribution in [0.15, 0.2) is 84.9 Å². The number of rotatable bonds is 8. The van der Waals surface area contributed by atoms with Gasteiger partial charge in [0.2, 0.25) is 0 Å². The van der Waals surface area contributed by atoms with Gasteiger partial charge in [0.1, 0.15) is 5.75 Å². The lowest BCUT2D eigenvalue weighted by Gasteiger charge is -2.28. The lowest BCUT2D eigenvalue weighted by Crippen LogP contribution is -2.41. The molecule has 0 radical (unpaired) electrons. The van der Waals surface area contributed by atoms with E-state index in [1.54, 1.807) is 12.1 Å². The summed E-state index contributed by atoms with van der Waals surface area (Å²) >= 11 is 6.22. The fraction of sp³-hybridized carbons (Fsp3) is 0.208. The average Bonchev–Trinajstić information content (AvgIpc) is 2.74. The van der Waals surface area contributed by atoms with Crippen LogP contribution >= 0.6 is 11.6 Å². The van der Waals surface area contributed by atoms with Crippen LogP contribution in [0.25, 0.3) is 0 Å². The third-order valence-electron chi connectivity index (χ3n) is 4.50. The van der Waals surface area contributed by atoms with Crippen LogP contribution in [0.2, 0.25) is 5.02 Å². The molecule has 1 amide bonds. The number of halogens is 1. The van der Waals surface area contributed by atoms with Gasteiger partial charge in [-0.15, -0.1) is 0 Å². The SMILES string of the molecule is CC[C@@H](Oc1ccccc1Cl)C(=O)N(Cc1ccccc1)Cc1ccccc1. The molecule has 3 aromatic rings. The van der Waals surface area contributed by atoms with Crippen molar-refractivity contribution in [1.82, 2.24) is 4.90 Å². The van der Waals surface area contributed by atoms with Crippen LogP contribution in [0.4, 0.5) is 0 Å². The first-order valence-corrected chi connectivity index (χ1v) is 9.83. The van der Waals surface area contributed by atoms with Crippen molar-refractivity contribution in [1.29, 1.82) is 0 Å². The fourth-order valence-electron chi connectivity index (χ4n) is 3.02. The van der Waals surface area contributed by atoms with E-state index in [9.17, 15) is 4.79 Å². The van der Waals surface area contributed by atoms with Crippen molar-refractivity contribution in [3.05, 3.63) is 101 Å². The molecule has 0 saturated heterocycles. The van der Waals surface area contributed by atoms with Gasteiger partial charge in [-0.2, -0.15) is 0 Å². The van der Waals surface area contributed by atoms with Gasteiger partial charge in [0.05, 0.1) is 5.02 Å². The standard InChI is InChI=1S/C24H24ClNO2/c1-2-22(28-23-16-10-9-15-21(23)25)24(27)26(17-19-11-5-3-6-12-19)18-20-13-7-4-8-14-20/h3-16,22H,2,17-18H2,1H3/t22-/m1/s1. The number of para-hydroxylation sites is 1. The Labute approximate surface area is 171 Å². The Bertz CT molecular complexity index is 842. The van der Waals surface area contributed by atoms with Crippen LogP contribution in [0, 0.1) is 0 Å². The predicted octanol–water partition coefficient (Wildman–Crippen LogP) is 5.73. The molecule has 3 nitrogen and oxygen atoms in total. The van der Waals surface area contributed by atoms with E-state index >= 15 is 0 Å². The fourth-order valence-corrected chi connectivity index (χ4v) is 3.21. The Morgan fingerprint density at radius 3 is 1.86 bits per heavy atom. The Balaban J connectivity index is 1.82. The molecule has 144 valence electrons. The van der Waals surface area contributed by atoms with Crippen molar-refractivity contribution >= 4 is 17.5 Å². The summed E-state index contributed by atoms with van der Waals surface area (Å²) in [7, 11) is 0. The lowest BCUT2D eigenvalue weighted by molar-refractivity contribution is -0.140. The third kappa shape index (κ3) is 5.37. The van der Waals surface area contributed by atoms with Crippen LogP contribution in [0.5, 0.6) is 5.75 Å². The molecule has 0 saturated carbocycles. The van der Waals surface area contributed by atoms with Gasteiger partial charge >= 0.3 is 0 Å². The first-order chi connectivity index (χ1) is 13.7. The number of hydrogen-bond acceptors (Lipinski definition) is 2. The molecule has 0 aliphatic rings. The number of carbonyl (C=O) groups excluding carboxylic acids is 1. The second kappa shape index (κ2) is 9.95. The van der Waals surface area contributed by atoms with E-state index in [0.29, 0.717) is 30.3 Å². The van der Waals surface area contributed by atoms with Crippen molar-refractivity contribution < 1.29 is 9.53 Å². The van der Waals surface area contributed by atoms with Crippen LogP contribution in [0.1, 0.15) is 24.5 Å². The van der Waals surface area contributed by atoms with Crippen LogP contribution in [0.3, 0.4) is 0 Å². The van der Waals surface area contributed by atoms with Crippen molar-refractivity contribution in [2.45, 2.75) is 32.5 Å². The highest BCUT2D eigenvalue weighted by Gasteiger charge is 2.25. The zero-order chi connectivity index (χ0) is 19.8. The summed E-state index contributed by atoms with van der Waals surface area (Å²) in [5.74, 6) is 0.485. The van der Waals surface area contributed by atoms with Crippen LogP contribution in [-0.4, -0.2) is 16.9 Å². The van der Waals surface area contributed by atoms with Gasteiger partial charge in [0, 0.05) is 13.1 Å². The topological polar surface area (TPSA) is 29.5 Å². The summed E-state index contributed by atoms with van der Waals surface area (Å²) in [5.41, 5.74) is 2.17. The largest absolute Gasteiger partial charge is 0.479 e. The Morgan fingerprint density at radius 1 is 0.857 bits per heavy atom. The summed E-state index contributed by atoms with van der Waals surface area (Å²) < 4.78 is 5.99. The van der Waals surface area contributed by atoms with E-state index in [4.69, 9.17) is 16.3 Å². The molecule has 28 heavy (non-hydrogen) atoms. The summed E-state index contributed by atoms with van der Waals surface area (Å²) in [4.78, 5) is 15.2. The van der Waals surface area contributed by atoms with E-state index < -0.39 is 6.10 Å². The summed E-state index contributed by atoms with van der Waals surface area (Å²) in [6.07, 6.45) is -0.0308. The molecule has 0 spiro atoms. The minimum Gasteiger partial charge on any atom is -0.479 e. The summed E-state index contributed by atoms with van der Waals surface area (Å²) in [6.45, 7) is 3.00. The van der Waals surface area contributed by atoms with Gasteiger partial charge in [-0.25, -0.2) is 0 Å². The number of ether oxygens (including phenoxy) is 1. The molecule has 3 rings (SSSR count). The second-order valence-corrected chi connectivity index (χ2v) is 7.02. The van der Waals surface area contributed by atoms with Gasteiger partial charge in [0.25, 0.3) is 5.91 Å². The summed E-state index contributed by atoms with van der Waals surface area (Å²) in [5, 5.41) is 0.506. The zero-order valence-electron chi connectivity index (χ0n) is 15.9. The number of carbonyl (C=O) groups is 1. The highest BCUT2D eigenvalue weighted by molar-refractivity contribution is 6.32. The molecule has 0 unspecified atom stereocenters. The van der Waals surface area contributed by atoms with Crippen LogP contribution < -0.4 is 4.74 Å². The van der Waals surface area contributed by atoms with E-state index in [0.717, 1.165) is 11.1 Å². The molecule has 0 aliphatic carbocycles. The average molecular weight is 394 g/mol. The third-order valence-corrected chi connectivity index (χ3v) is 4.81. The van der Waals surface area contributed by atoms with Crippen molar-refractivity contribution in [2.24, 2.45) is 0 Å². The quantitative estimate of drug-likeness (QED) is 0.489.